The molecule has 3 heteroatoms. The lowest BCUT2D eigenvalue weighted by Crippen LogP contribution is -2.10. The average molecular weight is 591 g/mol. The van der Waals surface area contributed by atoms with Gasteiger partial charge in [-0.1, -0.05) is 121 Å². The van der Waals surface area contributed by atoms with E-state index in [0.29, 0.717) is 0 Å². The van der Waals surface area contributed by atoms with Crippen LogP contribution in [-0.4, -0.2) is 0 Å². The molecule has 9 rings (SSSR count). The van der Waals surface area contributed by atoms with Crippen LogP contribution in [0, 0.1) is 0 Å². The van der Waals surface area contributed by atoms with E-state index in [1.165, 1.54) is 32.7 Å². The standard InChI is InChI=1S/C43H30N2O/c1-3-11-30(12-4-1)43-44-42-37-25-24-35(27-32(37)21-26-41(42)46-43)45(33-14-5-2-6-15-33)34-22-19-29(20-23-34)40-28-31-13-7-8-16-36(31)38-17-9-10-18-39(38)40/h1-28,43-44H. The van der Waals surface area contributed by atoms with Gasteiger partial charge in [-0.3, -0.25) is 0 Å². The fourth-order valence-corrected chi connectivity index (χ4v) is 6.86. The molecule has 0 spiro atoms. The molecule has 8 aromatic rings. The molecule has 0 saturated heterocycles. The van der Waals surface area contributed by atoms with Crippen molar-refractivity contribution in [3.8, 4) is 16.9 Å². The minimum absolute atomic E-state index is 0.194. The van der Waals surface area contributed by atoms with E-state index in [1.807, 2.05) is 18.2 Å². The highest BCUT2D eigenvalue weighted by molar-refractivity contribution is 6.13. The van der Waals surface area contributed by atoms with Gasteiger partial charge in [0.05, 0.1) is 5.69 Å². The van der Waals surface area contributed by atoms with Crippen LogP contribution in [0.2, 0.25) is 0 Å². The van der Waals surface area contributed by atoms with Crippen LogP contribution in [-0.2, 0) is 0 Å². The third-order valence-electron chi connectivity index (χ3n) is 9.06. The Morgan fingerprint density at radius 2 is 1.09 bits per heavy atom. The summed E-state index contributed by atoms with van der Waals surface area (Å²) >= 11 is 0. The zero-order valence-electron chi connectivity index (χ0n) is 25.1. The van der Waals surface area contributed by atoms with Crippen LogP contribution in [0.5, 0.6) is 5.75 Å². The van der Waals surface area contributed by atoms with Gasteiger partial charge in [0, 0.05) is 28.0 Å². The van der Waals surface area contributed by atoms with Crippen LogP contribution in [0.25, 0.3) is 43.4 Å². The number of hydrogen-bond donors (Lipinski definition) is 1. The molecule has 0 amide bonds. The number of nitrogens with zero attached hydrogens (tertiary/aromatic N) is 1. The largest absolute Gasteiger partial charge is 0.464 e. The third-order valence-corrected chi connectivity index (χ3v) is 9.06. The number of hydrogen-bond acceptors (Lipinski definition) is 3. The molecular formula is C43H30N2O. The van der Waals surface area contributed by atoms with Gasteiger partial charge in [0.2, 0.25) is 0 Å². The molecule has 218 valence electrons. The molecule has 46 heavy (non-hydrogen) atoms. The van der Waals surface area contributed by atoms with E-state index >= 15 is 0 Å². The second kappa shape index (κ2) is 10.8. The molecule has 0 bridgehead atoms. The molecule has 1 aliphatic rings. The molecule has 3 nitrogen and oxygen atoms in total. The van der Waals surface area contributed by atoms with E-state index in [1.54, 1.807) is 0 Å². The zero-order chi connectivity index (χ0) is 30.5. The molecule has 0 saturated carbocycles. The van der Waals surface area contributed by atoms with Gasteiger partial charge in [0.1, 0.15) is 5.75 Å². The average Bonchev–Trinajstić information content (AvgIpc) is 3.58. The molecule has 0 fully saturated rings. The first-order valence-electron chi connectivity index (χ1n) is 15.7. The van der Waals surface area contributed by atoms with Crippen molar-refractivity contribution in [2.45, 2.75) is 6.23 Å². The van der Waals surface area contributed by atoms with Crippen molar-refractivity contribution in [2.24, 2.45) is 0 Å². The topological polar surface area (TPSA) is 24.5 Å². The molecule has 1 atom stereocenters. The molecule has 0 aliphatic carbocycles. The van der Waals surface area contributed by atoms with Crippen LogP contribution in [0.3, 0.4) is 0 Å². The lowest BCUT2D eigenvalue weighted by Gasteiger charge is -2.26. The predicted molar refractivity (Wildman–Crippen MR) is 193 cm³/mol. The molecule has 0 aromatic heterocycles. The Hall–Kier alpha value is -6.06. The first kappa shape index (κ1) is 26.4. The molecule has 8 aromatic carbocycles. The molecule has 1 heterocycles. The number of rotatable bonds is 5. The summed E-state index contributed by atoms with van der Waals surface area (Å²) in [6.45, 7) is 0. The van der Waals surface area contributed by atoms with Gasteiger partial charge >= 0.3 is 0 Å². The van der Waals surface area contributed by atoms with Crippen molar-refractivity contribution in [3.05, 3.63) is 175 Å². The Morgan fingerprint density at radius 1 is 0.457 bits per heavy atom. The van der Waals surface area contributed by atoms with E-state index in [4.69, 9.17) is 4.74 Å². The number of nitrogens with one attached hydrogen (secondary N) is 1. The summed E-state index contributed by atoms with van der Waals surface area (Å²) in [6.07, 6.45) is -0.194. The summed E-state index contributed by atoms with van der Waals surface area (Å²) in [7, 11) is 0. The SMILES string of the molecule is c1ccc(C2Nc3c(ccc4cc(N(c5ccccc5)c5ccc(-c6cc7ccccc7c7ccccc67)cc5)ccc34)O2)cc1. The van der Waals surface area contributed by atoms with Gasteiger partial charge in [0.25, 0.3) is 0 Å². The summed E-state index contributed by atoms with van der Waals surface area (Å²) in [5.74, 6) is 0.880. The van der Waals surface area contributed by atoms with Crippen molar-refractivity contribution < 1.29 is 4.74 Å². The number of benzene rings is 8. The Balaban J connectivity index is 1.11. The van der Waals surface area contributed by atoms with Crippen LogP contribution in [0.1, 0.15) is 11.8 Å². The predicted octanol–water partition coefficient (Wildman–Crippen LogP) is 11.8. The van der Waals surface area contributed by atoms with Gasteiger partial charge in [-0.15, -0.1) is 0 Å². The highest BCUT2D eigenvalue weighted by atomic mass is 16.5. The summed E-state index contributed by atoms with van der Waals surface area (Å²) in [6, 6.07) is 60.5. The molecule has 1 aliphatic heterocycles. The lowest BCUT2D eigenvalue weighted by atomic mass is 9.93. The highest BCUT2D eigenvalue weighted by Crippen LogP contribution is 2.45. The Bertz CT molecular complexity index is 2370. The minimum atomic E-state index is -0.194. The normalized spacial score (nSPS) is 13.8. The maximum Gasteiger partial charge on any atom is 0.196 e. The van der Waals surface area contributed by atoms with Crippen molar-refractivity contribution in [1.82, 2.24) is 0 Å². The first-order chi connectivity index (χ1) is 22.8. The van der Waals surface area contributed by atoms with Gasteiger partial charge in [0.15, 0.2) is 6.23 Å². The second-order valence-corrected chi connectivity index (χ2v) is 11.8. The van der Waals surface area contributed by atoms with E-state index in [-0.39, 0.29) is 6.23 Å². The van der Waals surface area contributed by atoms with E-state index in [0.717, 1.165) is 44.8 Å². The fraction of sp³-hybridized carbons (Fsp3) is 0.0233. The highest BCUT2D eigenvalue weighted by Gasteiger charge is 2.25. The van der Waals surface area contributed by atoms with Gasteiger partial charge in [-0.25, -0.2) is 0 Å². The summed E-state index contributed by atoms with van der Waals surface area (Å²) in [5.41, 5.74) is 7.90. The molecule has 0 radical (unpaired) electrons. The summed E-state index contributed by atoms with van der Waals surface area (Å²) in [4.78, 5) is 2.33. The second-order valence-electron chi connectivity index (χ2n) is 11.8. The number of para-hydroxylation sites is 1. The van der Waals surface area contributed by atoms with E-state index < -0.39 is 0 Å². The van der Waals surface area contributed by atoms with Gasteiger partial charge < -0.3 is 15.0 Å². The lowest BCUT2D eigenvalue weighted by molar-refractivity contribution is 0.260. The van der Waals surface area contributed by atoms with E-state index in [2.05, 4.69) is 162 Å². The molecular weight excluding hydrogens is 560 g/mol. The van der Waals surface area contributed by atoms with E-state index in [9.17, 15) is 0 Å². The monoisotopic (exact) mass is 590 g/mol. The van der Waals surface area contributed by atoms with Crippen molar-refractivity contribution in [3.63, 3.8) is 0 Å². The zero-order valence-corrected chi connectivity index (χ0v) is 25.1. The van der Waals surface area contributed by atoms with Crippen molar-refractivity contribution in [2.75, 3.05) is 10.2 Å². The quantitative estimate of drug-likeness (QED) is 0.202. The number of ether oxygens (including phenoxy) is 1. The molecule has 1 unspecified atom stereocenters. The summed E-state index contributed by atoms with van der Waals surface area (Å²) < 4.78 is 6.29. The summed E-state index contributed by atoms with van der Waals surface area (Å²) in [5, 5.41) is 11.0. The van der Waals surface area contributed by atoms with Crippen LogP contribution >= 0.6 is 0 Å². The maximum absolute atomic E-state index is 6.29. The van der Waals surface area contributed by atoms with Crippen LogP contribution < -0.4 is 15.0 Å². The van der Waals surface area contributed by atoms with Gasteiger partial charge in [-0.05, 0) is 86.6 Å². The van der Waals surface area contributed by atoms with Crippen molar-refractivity contribution >= 4 is 55.1 Å². The van der Waals surface area contributed by atoms with Crippen LogP contribution in [0.4, 0.5) is 22.7 Å². The Labute approximate surface area is 267 Å². The number of anilines is 4. The Kier molecular flexibility index (Phi) is 6.20. The fourth-order valence-electron chi connectivity index (χ4n) is 6.86. The van der Waals surface area contributed by atoms with Crippen LogP contribution in [0.15, 0.2) is 170 Å². The Morgan fingerprint density at radius 3 is 1.89 bits per heavy atom. The number of fused-ring (bicyclic) bond motifs is 6. The first-order valence-corrected chi connectivity index (χ1v) is 15.7. The van der Waals surface area contributed by atoms with Crippen molar-refractivity contribution in [1.29, 1.82) is 0 Å². The van der Waals surface area contributed by atoms with Gasteiger partial charge in [-0.2, -0.15) is 0 Å². The minimum Gasteiger partial charge on any atom is -0.464 e. The smallest absolute Gasteiger partial charge is 0.196 e. The third kappa shape index (κ3) is 4.44. The molecule has 1 N–H and O–H groups in total. The maximum atomic E-state index is 6.29.